The third-order valence-corrected chi connectivity index (χ3v) is 5.69. The predicted octanol–water partition coefficient (Wildman–Crippen LogP) is 2.05. The van der Waals surface area contributed by atoms with Gasteiger partial charge in [-0.3, -0.25) is 14.9 Å². The van der Waals surface area contributed by atoms with Crippen molar-refractivity contribution in [2.45, 2.75) is 25.8 Å². The average molecular weight is 356 g/mol. The number of carbonyl (C=O) groups excluding carboxylic acids is 2. The molecule has 1 aromatic heterocycles. The van der Waals surface area contributed by atoms with Crippen LogP contribution >= 0.6 is 11.3 Å². The summed E-state index contributed by atoms with van der Waals surface area (Å²) < 4.78 is 0. The van der Waals surface area contributed by atoms with Crippen molar-refractivity contribution in [3.8, 4) is 0 Å². The number of amides is 2. The highest BCUT2D eigenvalue weighted by atomic mass is 32.1. The zero-order chi connectivity index (χ0) is 17.4. The highest BCUT2D eigenvalue weighted by molar-refractivity contribution is 7.16. The van der Waals surface area contributed by atoms with Crippen molar-refractivity contribution in [3.63, 3.8) is 0 Å². The van der Waals surface area contributed by atoms with Gasteiger partial charge in [-0.1, -0.05) is 18.2 Å². The maximum Gasteiger partial charge on any atom is 0.316 e. The van der Waals surface area contributed by atoms with Crippen LogP contribution in [0.4, 0.5) is 10.8 Å². The zero-order valence-corrected chi connectivity index (χ0v) is 14.9. The van der Waals surface area contributed by atoms with Crippen LogP contribution < -0.4 is 10.2 Å². The van der Waals surface area contributed by atoms with Crippen molar-refractivity contribution in [1.82, 2.24) is 9.88 Å². The SMILES string of the molecule is CN1CCc2nc(NC(=O)C(=O)N3CCCc4ccccc43)sc2C1. The van der Waals surface area contributed by atoms with Crippen LogP contribution in [0.25, 0.3) is 0 Å². The lowest BCUT2D eigenvalue weighted by atomic mass is 10.0. The Bertz CT molecular complexity index is 832. The molecule has 0 bridgehead atoms. The number of thiazole rings is 1. The van der Waals surface area contributed by atoms with Crippen LogP contribution in [0, 0.1) is 0 Å². The second kappa shape index (κ2) is 6.57. The molecule has 0 aliphatic carbocycles. The lowest BCUT2D eigenvalue weighted by Gasteiger charge is -2.28. The molecule has 6 nitrogen and oxygen atoms in total. The number of hydrogen-bond donors (Lipinski definition) is 1. The Labute approximate surface area is 150 Å². The van der Waals surface area contributed by atoms with Crippen molar-refractivity contribution in [1.29, 1.82) is 0 Å². The molecule has 0 spiro atoms. The Morgan fingerprint density at radius 3 is 2.92 bits per heavy atom. The first-order chi connectivity index (χ1) is 12.1. The Kier molecular flexibility index (Phi) is 4.27. The topological polar surface area (TPSA) is 65.5 Å². The Balaban J connectivity index is 1.50. The second-order valence-corrected chi connectivity index (χ2v) is 7.60. The fourth-order valence-electron chi connectivity index (χ4n) is 3.39. The van der Waals surface area contributed by atoms with Crippen LogP contribution in [0.5, 0.6) is 0 Å². The molecule has 2 aliphatic heterocycles. The molecule has 0 atom stereocenters. The maximum atomic E-state index is 12.6. The van der Waals surface area contributed by atoms with Gasteiger partial charge in [0, 0.05) is 36.6 Å². The standard InChI is InChI=1S/C18H20N4O2S/c1-21-10-8-13-15(11-21)25-18(19-13)20-16(23)17(24)22-9-4-6-12-5-2-3-7-14(12)22/h2-3,5,7H,4,6,8-11H2,1H3,(H,19,20,23). The van der Waals surface area contributed by atoms with Gasteiger partial charge in [-0.25, -0.2) is 4.98 Å². The van der Waals surface area contributed by atoms with Crippen molar-refractivity contribution in [2.75, 3.05) is 30.4 Å². The van der Waals surface area contributed by atoms with Gasteiger partial charge in [0.15, 0.2) is 5.13 Å². The molecule has 2 aromatic rings. The van der Waals surface area contributed by atoms with E-state index in [-0.39, 0.29) is 0 Å². The van der Waals surface area contributed by atoms with Crippen molar-refractivity contribution < 1.29 is 9.59 Å². The molecular weight excluding hydrogens is 336 g/mol. The zero-order valence-electron chi connectivity index (χ0n) is 14.1. The smallest absolute Gasteiger partial charge is 0.304 e. The van der Waals surface area contributed by atoms with Crippen LogP contribution in [0.15, 0.2) is 24.3 Å². The van der Waals surface area contributed by atoms with Gasteiger partial charge in [0.2, 0.25) is 0 Å². The summed E-state index contributed by atoms with van der Waals surface area (Å²) >= 11 is 1.46. The fourth-order valence-corrected chi connectivity index (χ4v) is 4.48. The van der Waals surface area contributed by atoms with E-state index >= 15 is 0 Å². The molecular formula is C18H20N4O2S. The number of anilines is 2. The lowest BCUT2D eigenvalue weighted by Crippen LogP contribution is -2.42. The Hall–Kier alpha value is -2.25. The van der Waals surface area contributed by atoms with Crippen molar-refractivity contribution in [3.05, 3.63) is 40.4 Å². The molecule has 0 saturated heterocycles. The van der Waals surface area contributed by atoms with E-state index < -0.39 is 11.8 Å². The lowest BCUT2D eigenvalue weighted by molar-refractivity contribution is -0.134. The number of likely N-dealkylation sites (N-methyl/N-ethyl adjacent to an activating group) is 1. The molecule has 3 heterocycles. The number of nitrogens with one attached hydrogen (secondary N) is 1. The quantitative estimate of drug-likeness (QED) is 0.794. The summed E-state index contributed by atoms with van der Waals surface area (Å²) in [5.41, 5.74) is 2.99. The van der Waals surface area contributed by atoms with Crippen LogP contribution in [0.2, 0.25) is 0 Å². The molecule has 1 N–H and O–H groups in total. The van der Waals surface area contributed by atoms with Crippen molar-refractivity contribution in [2.24, 2.45) is 0 Å². The molecule has 7 heteroatoms. The summed E-state index contributed by atoms with van der Waals surface area (Å²) in [5.74, 6) is -1.13. The number of fused-ring (bicyclic) bond motifs is 2. The molecule has 0 fully saturated rings. The Morgan fingerprint density at radius 2 is 2.04 bits per heavy atom. The van der Waals surface area contributed by atoms with E-state index in [2.05, 4.69) is 22.2 Å². The first-order valence-corrected chi connectivity index (χ1v) is 9.31. The number of para-hydroxylation sites is 1. The van der Waals surface area contributed by atoms with E-state index in [4.69, 9.17) is 0 Å². The molecule has 130 valence electrons. The minimum atomic E-state index is -0.615. The molecule has 2 aliphatic rings. The summed E-state index contributed by atoms with van der Waals surface area (Å²) in [7, 11) is 2.07. The minimum absolute atomic E-state index is 0.516. The minimum Gasteiger partial charge on any atom is -0.304 e. The maximum absolute atomic E-state index is 12.6. The van der Waals surface area contributed by atoms with E-state index in [0.717, 1.165) is 49.3 Å². The summed E-state index contributed by atoms with van der Waals surface area (Å²) in [6.45, 7) is 2.38. The van der Waals surface area contributed by atoms with E-state index in [0.29, 0.717) is 11.7 Å². The average Bonchev–Trinajstić information content (AvgIpc) is 3.01. The van der Waals surface area contributed by atoms with Gasteiger partial charge in [-0.05, 0) is 31.5 Å². The van der Waals surface area contributed by atoms with Crippen LogP contribution in [-0.2, 0) is 29.0 Å². The first kappa shape index (κ1) is 16.2. The number of aromatic nitrogens is 1. The number of hydrogen-bond acceptors (Lipinski definition) is 5. The number of aryl methyl sites for hydroxylation is 1. The molecule has 0 radical (unpaired) electrons. The molecule has 25 heavy (non-hydrogen) atoms. The third-order valence-electron chi connectivity index (χ3n) is 4.69. The van der Waals surface area contributed by atoms with Gasteiger partial charge in [-0.2, -0.15) is 0 Å². The summed E-state index contributed by atoms with van der Waals surface area (Å²) in [6.07, 6.45) is 2.69. The largest absolute Gasteiger partial charge is 0.316 e. The summed E-state index contributed by atoms with van der Waals surface area (Å²) in [4.78, 5) is 34.6. The fraction of sp³-hybridized carbons (Fsp3) is 0.389. The van der Waals surface area contributed by atoms with Gasteiger partial charge in [0.25, 0.3) is 0 Å². The highest BCUT2D eigenvalue weighted by Crippen LogP contribution is 2.29. The van der Waals surface area contributed by atoms with Crippen molar-refractivity contribution >= 4 is 34.0 Å². The predicted molar refractivity (Wildman–Crippen MR) is 97.9 cm³/mol. The van der Waals surface area contributed by atoms with Crippen LogP contribution in [-0.4, -0.2) is 41.8 Å². The number of nitrogens with zero attached hydrogens (tertiary/aromatic N) is 3. The molecule has 2 amide bonds. The Morgan fingerprint density at radius 1 is 1.20 bits per heavy atom. The normalized spacial score (nSPS) is 16.9. The van der Waals surface area contributed by atoms with E-state index in [1.807, 2.05) is 24.3 Å². The summed E-state index contributed by atoms with van der Waals surface area (Å²) in [6, 6.07) is 7.77. The van der Waals surface area contributed by atoms with Gasteiger partial charge in [-0.15, -0.1) is 11.3 Å². The number of benzene rings is 1. The van der Waals surface area contributed by atoms with Crippen LogP contribution in [0.1, 0.15) is 22.6 Å². The molecule has 1 aromatic carbocycles. The molecule has 0 saturated carbocycles. The highest BCUT2D eigenvalue weighted by Gasteiger charge is 2.28. The number of rotatable bonds is 1. The molecule has 4 rings (SSSR count). The monoisotopic (exact) mass is 356 g/mol. The van der Waals surface area contributed by atoms with Gasteiger partial charge in [0.1, 0.15) is 0 Å². The second-order valence-electron chi connectivity index (χ2n) is 6.52. The van der Waals surface area contributed by atoms with E-state index in [1.165, 1.54) is 16.2 Å². The number of carbonyl (C=O) groups is 2. The summed E-state index contributed by atoms with van der Waals surface area (Å²) in [5, 5.41) is 3.22. The third kappa shape index (κ3) is 3.17. The molecule has 0 unspecified atom stereocenters. The first-order valence-electron chi connectivity index (χ1n) is 8.49. The van der Waals surface area contributed by atoms with Crippen LogP contribution in [0.3, 0.4) is 0 Å². The van der Waals surface area contributed by atoms with E-state index in [9.17, 15) is 9.59 Å². The van der Waals surface area contributed by atoms with Gasteiger partial charge >= 0.3 is 11.8 Å². The van der Waals surface area contributed by atoms with Gasteiger partial charge < -0.3 is 9.80 Å². The van der Waals surface area contributed by atoms with Gasteiger partial charge in [0.05, 0.1) is 5.69 Å². The van der Waals surface area contributed by atoms with E-state index in [1.54, 1.807) is 4.90 Å².